The van der Waals surface area contributed by atoms with Gasteiger partial charge >= 0.3 is 17.9 Å². The van der Waals surface area contributed by atoms with Crippen molar-refractivity contribution in [2.75, 3.05) is 144 Å². The molecule has 0 aliphatic carbocycles. The molecule has 2 aliphatic heterocycles. The van der Waals surface area contributed by atoms with Gasteiger partial charge in [0.15, 0.2) is 22.6 Å². The Bertz CT molecular complexity index is 4120. The molecule has 19 N–H and O–H groups in total. The van der Waals surface area contributed by atoms with Gasteiger partial charge in [-0.05, 0) is 110 Å². The standard InChI is InChI=1S/C75H96N14O22S/c76-72(77)81-21-3-7-59(68(96)85-46-65(93)88-61(70(98)99)41-48-45-84-58-6-2-1-5-53(48)58)89-69(97)60(8-4-22-82-73(78)79)87-64(92)19-25-101-29-31-103-27-23-80-67(95)47-9-14-52(15-10-47)109-66(94)20-26-102-30-33-105-35-37-107-39-40-108-38-36-106-34-32-104-28-24-83-74(112)86-49-11-16-55-54(42-49)71(100)111-75(55)56-17-12-50(90)43-62(56)110-63-44-51(91)13-18-57(63)75/h1-2,5-6,9-18,42-45,59-61,84,90-91H,3-4,7-8,19-41,46H2,(H,80,95)(H,85,96)(H,87,92)(H,88,93)(H,89,97)(H,98,99)(H4,76,77,81)(H4,78,79,82)(H2,83,86,112)/t59-,60-,61-/m0/s1. The maximum absolute atomic E-state index is 13.8. The summed E-state index contributed by atoms with van der Waals surface area (Å²) in [5.41, 5.74) is 13.7. The number of anilines is 1. The number of aromatic hydroxyl groups is 2. The Morgan fingerprint density at radius 1 is 0.545 bits per heavy atom. The summed E-state index contributed by atoms with van der Waals surface area (Å²) in [6.45, 7) is 4.50. The predicted molar refractivity (Wildman–Crippen MR) is 409 cm³/mol. The summed E-state index contributed by atoms with van der Waals surface area (Å²) in [5.74, 6) is -5.50. The summed E-state index contributed by atoms with van der Waals surface area (Å²) in [6.07, 6.45) is 2.00. The van der Waals surface area contributed by atoms with E-state index in [0.29, 0.717) is 117 Å². The molecule has 2 aliphatic rings. The minimum Gasteiger partial charge on any atom is -0.508 e. The fraction of sp³-hybridized carbons (Fsp3) is 0.427. The van der Waals surface area contributed by atoms with Crippen molar-refractivity contribution in [3.05, 3.63) is 143 Å². The van der Waals surface area contributed by atoms with Gasteiger partial charge in [0, 0.05) is 96.2 Å². The molecule has 5 aromatic carbocycles. The number of thiocarbonyl (C=S) groups is 1. The minimum absolute atomic E-state index is 0.00583. The van der Waals surface area contributed by atoms with E-state index in [4.69, 9.17) is 86.6 Å². The van der Waals surface area contributed by atoms with Gasteiger partial charge in [0.2, 0.25) is 23.6 Å². The van der Waals surface area contributed by atoms with Crippen molar-refractivity contribution in [3.8, 4) is 28.7 Å². The van der Waals surface area contributed by atoms with E-state index in [-0.39, 0.29) is 151 Å². The van der Waals surface area contributed by atoms with Crippen LogP contribution < -0.4 is 68.8 Å². The summed E-state index contributed by atoms with van der Waals surface area (Å²) in [4.78, 5) is 107. The van der Waals surface area contributed by atoms with Crippen molar-refractivity contribution in [3.63, 3.8) is 0 Å². The van der Waals surface area contributed by atoms with Gasteiger partial charge in [-0.15, -0.1) is 0 Å². The number of carbonyl (C=O) groups excluding carboxylic acids is 7. The van der Waals surface area contributed by atoms with Crippen molar-refractivity contribution in [1.82, 2.24) is 47.5 Å². The average molecular weight is 1580 g/mol. The first-order chi connectivity index (χ1) is 54.2. The van der Waals surface area contributed by atoms with Crippen LogP contribution in [0.15, 0.2) is 109 Å². The lowest BCUT2D eigenvalue weighted by Crippen LogP contribution is -2.55. The number of phenolic OH excluding ortho intramolecular Hbond substituents is 2. The van der Waals surface area contributed by atoms with E-state index >= 15 is 0 Å². The monoisotopic (exact) mass is 1580 g/mol. The van der Waals surface area contributed by atoms with E-state index in [1.165, 1.54) is 48.5 Å². The number of carbonyl (C=O) groups is 8. The zero-order valence-corrected chi connectivity index (χ0v) is 62.4. The van der Waals surface area contributed by atoms with Crippen LogP contribution in [0.2, 0.25) is 0 Å². The van der Waals surface area contributed by atoms with Gasteiger partial charge in [-0.25, -0.2) is 9.59 Å². The van der Waals surface area contributed by atoms with Crippen LogP contribution in [0, 0.1) is 10.8 Å². The molecule has 3 atom stereocenters. The molecule has 3 heterocycles. The van der Waals surface area contributed by atoms with Crippen LogP contribution >= 0.6 is 12.2 Å². The highest BCUT2D eigenvalue weighted by Gasteiger charge is 2.54. The first kappa shape index (κ1) is 86.3. The third kappa shape index (κ3) is 27.9. The quantitative estimate of drug-likeness (QED) is 0.00649. The second kappa shape index (κ2) is 45.8. The van der Waals surface area contributed by atoms with Gasteiger partial charge in [0.25, 0.3) is 5.91 Å². The Morgan fingerprint density at radius 2 is 1.06 bits per heavy atom. The van der Waals surface area contributed by atoms with Gasteiger partial charge < -0.3 is 132 Å². The molecular weight excluding hydrogens is 1480 g/mol. The van der Waals surface area contributed by atoms with Gasteiger partial charge in [-0.3, -0.25) is 39.6 Å². The molecule has 37 heteroatoms. The molecule has 0 radical (unpaired) electrons. The minimum atomic E-state index is -1.37. The average Bonchev–Trinajstić information content (AvgIpc) is 1.51. The Hall–Kier alpha value is -11.3. The highest BCUT2D eigenvalue weighted by Crippen LogP contribution is 2.57. The van der Waals surface area contributed by atoms with Crippen LogP contribution in [-0.2, 0) is 83.4 Å². The lowest BCUT2D eigenvalue weighted by molar-refractivity contribution is -0.141. The van der Waals surface area contributed by atoms with E-state index in [2.05, 4.69) is 52.8 Å². The van der Waals surface area contributed by atoms with Crippen molar-refractivity contribution in [2.45, 2.75) is 68.7 Å². The molecule has 0 bridgehead atoms. The van der Waals surface area contributed by atoms with Crippen LogP contribution in [0.4, 0.5) is 5.69 Å². The number of carboxylic acids is 1. The fourth-order valence-electron chi connectivity index (χ4n) is 11.6. The molecule has 1 aromatic heterocycles. The van der Waals surface area contributed by atoms with E-state index < -0.39 is 71.8 Å². The molecule has 0 saturated heterocycles. The van der Waals surface area contributed by atoms with E-state index in [1.807, 2.05) is 18.2 Å². The number of benzene rings is 5. The Balaban J connectivity index is 0.587. The van der Waals surface area contributed by atoms with Crippen molar-refractivity contribution < 1.29 is 106 Å². The van der Waals surface area contributed by atoms with Crippen LogP contribution in [0.1, 0.15) is 81.5 Å². The molecule has 0 saturated carbocycles. The summed E-state index contributed by atoms with van der Waals surface area (Å²) < 4.78 is 62.0. The van der Waals surface area contributed by atoms with Crippen molar-refractivity contribution >= 4 is 93.3 Å². The Kier molecular flexibility index (Phi) is 35.3. The number of rotatable bonds is 51. The number of fused-ring (bicyclic) bond motifs is 7. The number of aromatic amines is 1. The number of hydrogen-bond donors (Lipinski definition) is 17. The smallest absolute Gasteiger partial charge is 0.340 e. The highest BCUT2D eigenvalue weighted by atomic mass is 32.1. The number of H-pyrrole nitrogens is 1. The molecule has 6 aromatic rings. The van der Waals surface area contributed by atoms with Crippen molar-refractivity contribution in [2.24, 2.45) is 11.5 Å². The van der Waals surface area contributed by atoms with Crippen LogP contribution in [-0.4, -0.2) is 241 Å². The number of aliphatic carboxylic acids is 1. The number of amides is 5. The number of nitrogens with two attached hydrogens (primary N) is 2. The number of nitrogens with one attached hydrogen (secondary N) is 12. The van der Waals surface area contributed by atoms with Gasteiger partial charge in [-0.1, -0.05) is 24.3 Å². The summed E-state index contributed by atoms with van der Waals surface area (Å²) in [5, 5.41) is 70.7. The first-order valence-electron chi connectivity index (χ1n) is 36.3. The normalized spacial score (nSPS) is 13.0. The molecule has 36 nitrogen and oxygen atoms in total. The number of ether oxygens (including phenoxy) is 11. The molecule has 5 amide bonds. The highest BCUT2D eigenvalue weighted by molar-refractivity contribution is 7.80. The predicted octanol–water partition coefficient (Wildman–Crippen LogP) is 2.11. The molecule has 0 unspecified atom stereocenters. The number of esters is 2. The van der Waals surface area contributed by atoms with E-state index in [1.54, 1.807) is 42.6 Å². The fourth-order valence-corrected chi connectivity index (χ4v) is 11.8. The second-order valence-electron chi connectivity index (χ2n) is 25.2. The first-order valence-corrected chi connectivity index (χ1v) is 36.7. The van der Waals surface area contributed by atoms with Gasteiger partial charge in [-0.2, -0.15) is 0 Å². The largest absolute Gasteiger partial charge is 0.508 e. The molecule has 1 spiro atoms. The maximum atomic E-state index is 13.8. The number of phenols is 2. The number of aromatic nitrogens is 1. The summed E-state index contributed by atoms with van der Waals surface area (Å²) in [6, 6.07) is 23.9. The molecular formula is C75H96N14O22S. The number of guanidine groups is 2. The SMILES string of the molecule is N=C(N)NCCC[C@H](NC(=O)CCOCCOCCNC(=O)c1ccc(OC(=O)CCOCCOCCOCCOCCOCCOCCNC(=S)Nc2ccc3c(c2)C(=O)OC32c3ccc(O)cc3Oc3cc(O)ccc32)cc1)C(=O)N[C@@H](CCCNC(=N)N)C(=O)NCC(=O)N[C@@H](Cc1c[nH]c2ccccc12)C(=O)O. The Labute approximate surface area is 650 Å². The van der Waals surface area contributed by atoms with Gasteiger partial charge in [0.1, 0.15) is 46.9 Å². The molecule has 8 rings (SSSR count). The molecule has 0 fully saturated rings. The van der Waals surface area contributed by atoms with E-state index in [9.17, 15) is 53.7 Å². The molecule has 604 valence electrons. The zero-order valence-electron chi connectivity index (χ0n) is 61.6. The lowest BCUT2D eigenvalue weighted by Gasteiger charge is -2.36. The topological polar surface area (TPSA) is 523 Å². The molecule has 112 heavy (non-hydrogen) atoms. The number of carboxylic acid groups (broad SMARTS) is 1. The third-order valence-electron chi connectivity index (χ3n) is 17.0. The van der Waals surface area contributed by atoms with Crippen LogP contribution in [0.3, 0.4) is 0 Å². The zero-order chi connectivity index (χ0) is 80.0. The lowest BCUT2D eigenvalue weighted by atomic mass is 9.77. The number of para-hydroxylation sites is 1. The van der Waals surface area contributed by atoms with Gasteiger partial charge in [0.05, 0.1) is 124 Å². The van der Waals surface area contributed by atoms with Crippen LogP contribution in [0.25, 0.3) is 10.9 Å². The van der Waals surface area contributed by atoms with E-state index in [0.717, 1.165) is 10.9 Å². The van der Waals surface area contributed by atoms with Crippen LogP contribution in [0.5, 0.6) is 28.7 Å². The van der Waals surface area contributed by atoms with Crippen molar-refractivity contribution in [1.29, 1.82) is 10.8 Å². The summed E-state index contributed by atoms with van der Waals surface area (Å²) in [7, 11) is 0. The Morgan fingerprint density at radius 3 is 1.63 bits per heavy atom. The number of hydrogen-bond acceptors (Lipinski definition) is 24. The third-order valence-corrected chi connectivity index (χ3v) is 17.3. The second-order valence-corrected chi connectivity index (χ2v) is 25.6. The maximum Gasteiger partial charge on any atom is 0.340 e. The summed E-state index contributed by atoms with van der Waals surface area (Å²) >= 11 is 5.48.